The fraction of sp³-hybridized carbons (Fsp3) is 0. The van der Waals surface area contributed by atoms with Crippen molar-refractivity contribution in [3.63, 3.8) is 0 Å². The Hall–Kier alpha value is -6.91. The zero-order chi connectivity index (χ0) is 33.7. The van der Waals surface area contributed by atoms with E-state index in [-0.39, 0.29) is 0 Å². The van der Waals surface area contributed by atoms with Crippen LogP contribution in [0.5, 0.6) is 0 Å². The van der Waals surface area contributed by atoms with E-state index >= 15 is 0 Å². The number of rotatable bonds is 5. The quantitative estimate of drug-likeness (QED) is 0.174. The van der Waals surface area contributed by atoms with Crippen molar-refractivity contribution in [1.29, 1.82) is 0 Å². The number of nitrogens with zero attached hydrogens (tertiary/aromatic N) is 4. The van der Waals surface area contributed by atoms with E-state index in [1.165, 1.54) is 21.7 Å². The molecule has 0 unspecified atom stereocenters. The molecule has 0 spiro atoms. The minimum Gasteiger partial charge on any atom is -0.309 e. The highest BCUT2D eigenvalue weighted by Crippen LogP contribution is 2.42. The van der Waals surface area contributed by atoms with E-state index in [0.29, 0.717) is 5.82 Å². The Morgan fingerprint density at radius 2 is 0.941 bits per heavy atom. The summed E-state index contributed by atoms with van der Waals surface area (Å²) < 4.78 is 2.40. The van der Waals surface area contributed by atoms with Gasteiger partial charge in [-0.1, -0.05) is 146 Å². The van der Waals surface area contributed by atoms with Gasteiger partial charge in [-0.3, -0.25) is 0 Å². The molecule has 0 N–H and O–H groups in total. The Kier molecular flexibility index (Phi) is 6.78. The average Bonchev–Trinajstić information content (AvgIpc) is 3.56. The molecule has 238 valence electrons. The molecule has 10 rings (SSSR count). The summed E-state index contributed by atoms with van der Waals surface area (Å²) in [6.45, 7) is 0. The molecule has 10 aromatic rings. The molecule has 3 heterocycles. The minimum atomic E-state index is 0.672. The fourth-order valence-corrected chi connectivity index (χ4v) is 7.45. The van der Waals surface area contributed by atoms with E-state index in [1.807, 2.05) is 36.4 Å². The summed E-state index contributed by atoms with van der Waals surface area (Å²) in [7, 11) is 0. The average molecular weight is 651 g/mol. The van der Waals surface area contributed by atoms with Crippen molar-refractivity contribution in [1.82, 2.24) is 19.5 Å². The summed E-state index contributed by atoms with van der Waals surface area (Å²) in [5.74, 6) is 0.672. The molecule has 0 aliphatic carbocycles. The summed E-state index contributed by atoms with van der Waals surface area (Å²) >= 11 is 0. The molecule has 7 aromatic carbocycles. The van der Waals surface area contributed by atoms with Gasteiger partial charge in [0, 0.05) is 49.5 Å². The number of pyridine rings is 1. The van der Waals surface area contributed by atoms with Gasteiger partial charge < -0.3 is 4.57 Å². The zero-order valence-electron chi connectivity index (χ0n) is 27.6. The molecule has 0 aliphatic rings. The third-order valence-electron chi connectivity index (χ3n) is 9.77. The third-order valence-corrected chi connectivity index (χ3v) is 9.77. The van der Waals surface area contributed by atoms with Gasteiger partial charge in [0.05, 0.1) is 33.6 Å². The molecule has 0 fully saturated rings. The van der Waals surface area contributed by atoms with Crippen molar-refractivity contribution < 1.29 is 0 Å². The highest BCUT2D eigenvalue weighted by Gasteiger charge is 2.21. The molecule has 4 heteroatoms. The molecule has 4 nitrogen and oxygen atoms in total. The van der Waals surface area contributed by atoms with Gasteiger partial charge in [-0.15, -0.1) is 0 Å². The van der Waals surface area contributed by atoms with Crippen LogP contribution in [-0.2, 0) is 0 Å². The standard InChI is InChI=1S/C47H30N4/c1-4-15-31(16-5-1)41-30-42(32-17-6-2-7-18-32)50-47(49-41)34-20-14-19-33(29-34)45-44-38(36-23-10-12-25-40(36)48-45)27-28-39-37-24-11-13-26-43(37)51(46(39)44)35-21-8-3-9-22-35/h1-30H. The first-order chi connectivity index (χ1) is 25.3. The van der Waals surface area contributed by atoms with Crippen molar-refractivity contribution in [2.45, 2.75) is 0 Å². The van der Waals surface area contributed by atoms with Gasteiger partial charge in [0.15, 0.2) is 5.82 Å². The maximum atomic E-state index is 5.44. The van der Waals surface area contributed by atoms with Gasteiger partial charge in [-0.05, 0) is 41.8 Å². The van der Waals surface area contributed by atoms with E-state index in [4.69, 9.17) is 15.0 Å². The molecule has 3 aromatic heterocycles. The SMILES string of the molecule is c1ccc(-c2cc(-c3ccccc3)nc(-c3cccc(-c4nc5ccccc5c5ccc6c7ccccc7n(-c7ccccc7)c6c45)c3)n2)cc1. The summed E-state index contributed by atoms with van der Waals surface area (Å²) in [5, 5.41) is 5.83. The van der Waals surface area contributed by atoms with Crippen LogP contribution in [0.2, 0.25) is 0 Å². The third kappa shape index (κ3) is 4.88. The van der Waals surface area contributed by atoms with Crippen LogP contribution in [-0.4, -0.2) is 19.5 Å². The summed E-state index contributed by atoms with van der Waals surface area (Å²) in [6, 6.07) is 63.6. The van der Waals surface area contributed by atoms with E-state index < -0.39 is 0 Å². The Morgan fingerprint density at radius 3 is 1.67 bits per heavy atom. The number of aromatic nitrogens is 4. The second kappa shape index (κ2) is 11.9. The van der Waals surface area contributed by atoms with Gasteiger partial charge in [-0.2, -0.15) is 0 Å². The predicted molar refractivity (Wildman–Crippen MR) is 211 cm³/mol. The largest absolute Gasteiger partial charge is 0.309 e. The highest BCUT2D eigenvalue weighted by atomic mass is 15.0. The lowest BCUT2D eigenvalue weighted by atomic mass is 9.96. The monoisotopic (exact) mass is 650 g/mol. The molecular weight excluding hydrogens is 621 g/mol. The summed E-state index contributed by atoms with van der Waals surface area (Å²) in [5.41, 5.74) is 11.1. The molecule has 0 radical (unpaired) electrons. The summed E-state index contributed by atoms with van der Waals surface area (Å²) in [4.78, 5) is 15.7. The van der Waals surface area contributed by atoms with Gasteiger partial charge in [0.2, 0.25) is 0 Å². The van der Waals surface area contributed by atoms with Gasteiger partial charge in [0.25, 0.3) is 0 Å². The number of hydrogen-bond acceptors (Lipinski definition) is 3. The number of para-hydroxylation sites is 3. The Bertz CT molecular complexity index is 2840. The highest BCUT2D eigenvalue weighted by molar-refractivity contribution is 6.25. The molecule has 0 amide bonds. The second-order valence-electron chi connectivity index (χ2n) is 12.8. The lowest BCUT2D eigenvalue weighted by molar-refractivity contribution is 1.18. The van der Waals surface area contributed by atoms with Crippen LogP contribution in [0.15, 0.2) is 182 Å². The Morgan fingerprint density at radius 1 is 0.373 bits per heavy atom. The molecule has 0 saturated heterocycles. The number of benzene rings is 7. The van der Waals surface area contributed by atoms with Crippen molar-refractivity contribution in [3.05, 3.63) is 182 Å². The maximum absolute atomic E-state index is 5.44. The van der Waals surface area contributed by atoms with Crippen LogP contribution in [0.3, 0.4) is 0 Å². The topological polar surface area (TPSA) is 43.6 Å². The molecule has 0 saturated carbocycles. The van der Waals surface area contributed by atoms with E-state index in [2.05, 4.69) is 150 Å². The minimum absolute atomic E-state index is 0.672. The van der Waals surface area contributed by atoms with Crippen LogP contribution in [0.4, 0.5) is 0 Å². The van der Waals surface area contributed by atoms with E-state index in [0.717, 1.165) is 66.8 Å². The van der Waals surface area contributed by atoms with Crippen LogP contribution >= 0.6 is 0 Å². The first-order valence-corrected chi connectivity index (χ1v) is 17.2. The second-order valence-corrected chi connectivity index (χ2v) is 12.8. The Labute approximate surface area is 295 Å². The first-order valence-electron chi connectivity index (χ1n) is 17.2. The molecule has 0 aliphatic heterocycles. The molecule has 0 bridgehead atoms. The number of fused-ring (bicyclic) bond motifs is 7. The van der Waals surface area contributed by atoms with Crippen molar-refractivity contribution in [2.24, 2.45) is 0 Å². The van der Waals surface area contributed by atoms with E-state index in [1.54, 1.807) is 0 Å². The van der Waals surface area contributed by atoms with Gasteiger partial charge in [-0.25, -0.2) is 15.0 Å². The van der Waals surface area contributed by atoms with E-state index in [9.17, 15) is 0 Å². The predicted octanol–water partition coefficient (Wildman–Crippen LogP) is 11.9. The van der Waals surface area contributed by atoms with Crippen LogP contribution in [0, 0.1) is 0 Å². The smallest absolute Gasteiger partial charge is 0.160 e. The number of hydrogen-bond donors (Lipinski definition) is 0. The molecule has 51 heavy (non-hydrogen) atoms. The van der Waals surface area contributed by atoms with Crippen molar-refractivity contribution in [3.8, 4) is 50.8 Å². The first kappa shape index (κ1) is 29.0. The Balaban J connectivity index is 1.27. The van der Waals surface area contributed by atoms with Crippen LogP contribution in [0.1, 0.15) is 0 Å². The maximum Gasteiger partial charge on any atom is 0.160 e. The molecular formula is C47H30N4. The lowest BCUT2D eigenvalue weighted by Crippen LogP contribution is -1.98. The van der Waals surface area contributed by atoms with Crippen LogP contribution in [0.25, 0.3) is 94.3 Å². The van der Waals surface area contributed by atoms with Crippen LogP contribution < -0.4 is 0 Å². The zero-order valence-corrected chi connectivity index (χ0v) is 27.6. The van der Waals surface area contributed by atoms with Gasteiger partial charge in [0.1, 0.15) is 0 Å². The normalized spacial score (nSPS) is 11.5. The van der Waals surface area contributed by atoms with Crippen molar-refractivity contribution in [2.75, 3.05) is 0 Å². The lowest BCUT2D eigenvalue weighted by Gasteiger charge is -2.15. The summed E-state index contributed by atoms with van der Waals surface area (Å²) in [6.07, 6.45) is 0. The van der Waals surface area contributed by atoms with Gasteiger partial charge >= 0.3 is 0 Å². The van der Waals surface area contributed by atoms with Crippen molar-refractivity contribution >= 4 is 43.5 Å². The molecule has 0 atom stereocenters. The fourth-order valence-electron chi connectivity index (χ4n) is 7.45.